The van der Waals surface area contributed by atoms with E-state index in [0.717, 1.165) is 11.3 Å². The van der Waals surface area contributed by atoms with Crippen molar-refractivity contribution in [1.29, 1.82) is 0 Å². The number of halogens is 2. The van der Waals surface area contributed by atoms with Gasteiger partial charge in [0, 0.05) is 17.2 Å². The quantitative estimate of drug-likeness (QED) is 0.700. The molecule has 3 nitrogen and oxygen atoms in total. The molecule has 1 heterocycles. The molecule has 21 heavy (non-hydrogen) atoms. The van der Waals surface area contributed by atoms with Crippen molar-refractivity contribution in [3.63, 3.8) is 0 Å². The van der Waals surface area contributed by atoms with E-state index in [2.05, 4.69) is 5.16 Å². The van der Waals surface area contributed by atoms with Crippen LogP contribution in [0.3, 0.4) is 0 Å². The molecule has 0 atom stereocenters. The minimum Gasteiger partial charge on any atom is -0.489 e. The first kappa shape index (κ1) is 13.6. The van der Waals surface area contributed by atoms with Crippen molar-refractivity contribution in [3.8, 4) is 17.0 Å². The van der Waals surface area contributed by atoms with Gasteiger partial charge in [-0.05, 0) is 36.4 Å². The molecule has 0 unspecified atom stereocenters. The zero-order valence-electron chi connectivity index (χ0n) is 10.9. The Hall–Kier alpha value is -2.33. The number of benzene rings is 2. The highest BCUT2D eigenvalue weighted by molar-refractivity contribution is 6.31. The van der Waals surface area contributed by atoms with Crippen LogP contribution in [0.25, 0.3) is 11.3 Å². The summed E-state index contributed by atoms with van der Waals surface area (Å²) in [4.78, 5) is 0. The first-order valence-electron chi connectivity index (χ1n) is 6.30. The number of ether oxygens (including phenoxy) is 1. The van der Waals surface area contributed by atoms with Crippen molar-refractivity contribution in [1.82, 2.24) is 5.16 Å². The van der Waals surface area contributed by atoms with E-state index in [4.69, 9.17) is 20.9 Å². The smallest absolute Gasteiger partial charge is 0.131 e. The number of rotatable bonds is 4. The Morgan fingerprint density at radius 3 is 2.57 bits per heavy atom. The van der Waals surface area contributed by atoms with Crippen LogP contribution in [0.4, 0.5) is 4.39 Å². The van der Waals surface area contributed by atoms with Gasteiger partial charge in [0.25, 0.3) is 0 Å². The van der Waals surface area contributed by atoms with E-state index in [1.54, 1.807) is 30.3 Å². The molecule has 5 heteroatoms. The van der Waals surface area contributed by atoms with Crippen molar-refractivity contribution in [2.75, 3.05) is 0 Å². The largest absolute Gasteiger partial charge is 0.489 e. The molecule has 0 fully saturated rings. The molecule has 0 radical (unpaired) electrons. The number of aromatic nitrogens is 1. The average Bonchev–Trinajstić information content (AvgIpc) is 3.02. The first-order valence-corrected chi connectivity index (χ1v) is 6.68. The molecule has 106 valence electrons. The maximum atomic E-state index is 13.6. The van der Waals surface area contributed by atoms with E-state index < -0.39 is 0 Å². The third kappa shape index (κ3) is 3.06. The van der Waals surface area contributed by atoms with Gasteiger partial charge >= 0.3 is 0 Å². The molecule has 1 aromatic heterocycles. The Balaban J connectivity index is 1.71. The van der Waals surface area contributed by atoms with Gasteiger partial charge in [-0.25, -0.2) is 4.39 Å². The molecule has 0 N–H and O–H groups in total. The van der Waals surface area contributed by atoms with Crippen LogP contribution in [0, 0.1) is 5.82 Å². The summed E-state index contributed by atoms with van der Waals surface area (Å²) >= 11 is 5.95. The predicted molar refractivity (Wildman–Crippen MR) is 77.7 cm³/mol. The highest BCUT2D eigenvalue weighted by atomic mass is 35.5. The van der Waals surface area contributed by atoms with Crippen LogP contribution in [0.15, 0.2) is 59.3 Å². The normalized spacial score (nSPS) is 10.6. The standard InChI is InChI=1S/C16H11ClFNO2/c17-14-2-1-3-15(18)13(14)10-20-12-6-4-11(5-7-12)16-8-9-21-19-16/h1-9H,10H2. The molecule has 3 aromatic rings. The fraction of sp³-hybridized carbons (Fsp3) is 0.0625. The van der Waals surface area contributed by atoms with Crippen molar-refractivity contribution in [2.24, 2.45) is 0 Å². The van der Waals surface area contributed by atoms with Gasteiger partial charge in [-0.2, -0.15) is 0 Å². The minimum atomic E-state index is -0.373. The molecule has 0 aliphatic rings. The summed E-state index contributed by atoms with van der Waals surface area (Å²) in [7, 11) is 0. The van der Waals surface area contributed by atoms with Gasteiger partial charge in [0.05, 0.1) is 5.02 Å². The third-order valence-electron chi connectivity index (χ3n) is 3.03. The van der Waals surface area contributed by atoms with Crippen molar-refractivity contribution >= 4 is 11.6 Å². The summed E-state index contributed by atoms with van der Waals surface area (Å²) in [5, 5.41) is 4.21. The first-order chi connectivity index (χ1) is 10.2. The van der Waals surface area contributed by atoms with Crippen LogP contribution in [-0.2, 0) is 6.61 Å². The van der Waals surface area contributed by atoms with Crippen LogP contribution >= 0.6 is 11.6 Å². The average molecular weight is 304 g/mol. The molecule has 0 aliphatic heterocycles. The van der Waals surface area contributed by atoms with Gasteiger partial charge in [-0.15, -0.1) is 0 Å². The Kier molecular flexibility index (Phi) is 3.88. The van der Waals surface area contributed by atoms with E-state index in [1.807, 2.05) is 12.1 Å². The Morgan fingerprint density at radius 2 is 1.90 bits per heavy atom. The summed E-state index contributed by atoms with van der Waals surface area (Å²) in [5.41, 5.74) is 2.01. The molecule has 0 spiro atoms. The molecule has 0 saturated carbocycles. The molecule has 0 saturated heterocycles. The van der Waals surface area contributed by atoms with Gasteiger partial charge < -0.3 is 9.26 Å². The van der Waals surface area contributed by atoms with Crippen LogP contribution < -0.4 is 4.74 Å². The minimum absolute atomic E-state index is 0.0782. The summed E-state index contributed by atoms with van der Waals surface area (Å²) in [5.74, 6) is 0.253. The van der Waals surface area contributed by atoms with Crippen LogP contribution in [-0.4, -0.2) is 5.16 Å². The van der Waals surface area contributed by atoms with Crippen molar-refractivity contribution in [2.45, 2.75) is 6.61 Å². The highest BCUT2D eigenvalue weighted by Crippen LogP contribution is 2.24. The van der Waals surface area contributed by atoms with Crippen LogP contribution in [0.2, 0.25) is 5.02 Å². The zero-order valence-corrected chi connectivity index (χ0v) is 11.7. The summed E-state index contributed by atoms with van der Waals surface area (Å²) in [6.45, 7) is 0.0782. The van der Waals surface area contributed by atoms with Gasteiger partial charge in [0.1, 0.15) is 30.1 Å². The van der Waals surface area contributed by atoms with E-state index in [-0.39, 0.29) is 12.4 Å². The van der Waals surface area contributed by atoms with E-state index in [1.165, 1.54) is 12.3 Å². The fourth-order valence-corrected chi connectivity index (χ4v) is 2.13. The monoisotopic (exact) mass is 303 g/mol. The maximum absolute atomic E-state index is 13.6. The zero-order chi connectivity index (χ0) is 14.7. The molecular formula is C16H11ClFNO2. The van der Waals surface area contributed by atoms with Gasteiger partial charge in [-0.3, -0.25) is 0 Å². The molecule has 0 amide bonds. The number of hydrogen-bond acceptors (Lipinski definition) is 3. The number of nitrogens with zero attached hydrogens (tertiary/aromatic N) is 1. The fourth-order valence-electron chi connectivity index (χ4n) is 1.91. The van der Waals surface area contributed by atoms with Gasteiger partial charge in [0.15, 0.2) is 0 Å². The van der Waals surface area contributed by atoms with E-state index in [9.17, 15) is 4.39 Å². The second-order valence-corrected chi connectivity index (χ2v) is 4.81. The van der Waals surface area contributed by atoms with Gasteiger partial charge in [0.2, 0.25) is 0 Å². The second-order valence-electron chi connectivity index (χ2n) is 4.40. The maximum Gasteiger partial charge on any atom is 0.131 e. The third-order valence-corrected chi connectivity index (χ3v) is 3.39. The molecular weight excluding hydrogens is 293 g/mol. The lowest BCUT2D eigenvalue weighted by molar-refractivity contribution is 0.300. The summed E-state index contributed by atoms with van der Waals surface area (Å²) in [6.07, 6.45) is 1.51. The molecule has 0 bridgehead atoms. The second kappa shape index (κ2) is 5.97. The van der Waals surface area contributed by atoms with Crippen LogP contribution in [0.1, 0.15) is 5.56 Å². The summed E-state index contributed by atoms with van der Waals surface area (Å²) < 4.78 is 24.0. The topological polar surface area (TPSA) is 35.3 Å². The van der Waals surface area contributed by atoms with Crippen molar-refractivity contribution in [3.05, 3.63) is 71.2 Å². The lowest BCUT2D eigenvalue weighted by Crippen LogP contribution is -1.99. The van der Waals surface area contributed by atoms with Gasteiger partial charge in [-0.1, -0.05) is 22.8 Å². The van der Waals surface area contributed by atoms with E-state index in [0.29, 0.717) is 16.3 Å². The Labute approximate surface area is 125 Å². The van der Waals surface area contributed by atoms with Crippen LogP contribution in [0.5, 0.6) is 5.75 Å². The van der Waals surface area contributed by atoms with E-state index >= 15 is 0 Å². The van der Waals surface area contributed by atoms with Crippen molar-refractivity contribution < 1.29 is 13.7 Å². The Bertz CT molecular complexity index is 706. The lowest BCUT2D eigenvalue weighted by atomic mass is 10.1. The molecule has 0 aliphatic carbocycles. The molecule has 3 rings (SSSR count). The predicted octanol–water partition coefficient (Wildman–Crippen LogP) is 4.71. The highest BCUT2D eigenvalue weighted by Gasteiger charge is 2.08. The summed E-state index contributed by atoms with van der Waals surface area (Å²) in [6, 6.07) is 13.6. The lowest BCUT2D eigenvalue weighted by Gasteiger charge is -2.09. The number of hydrogen-bond donors (Lipinski definition) is 0. The molecule has 2 aromatic carbocycles. The SMILES string of the molecule is Fc1cccc(Cl)c1COc1ccc(-c2ccon2)cc1. The Morgan fingerprint density at radius 1 is 1.10 bits per heavy atom.